The van der Waals surface area contributed by atoms with Gasteiger partial charge in [0.2, 0.25) is 0 Å². The first kappa shape index (κ1) is 13.9. The maximum atomic E-state index is 11.5. The third-order valence-corrected chi connectivity index (χ3v) is 6.60. The molecule has 0 unspecified atom stereocenters. The number of hydrogen-bond acceptors (Lipinski definition) is 4. The number of hydrogen-bond donors (Lipinski definition) is 0. The number of aryl methyl sites for hydroxylation is 1. The van der Waals surface area contributed by atoms with Gasteiger partial charge in [0.05, 0.1) is 16.5 Å². The minimum Gasteiger partial charge on any atom is -0.361 e. The third kappa shape index (κ3) is 2.88. The molecular formula is C13H21NO2S2. The molecule has 5 heteroatoms. The molecular weight excluding hydrogens is 266 g/mol. The van der Waals surface area contributed by atoms with E-state index in [1.165, 1.54) is 15.4 Å². The topological polar surface area (TPSA) is 37.4 Å². The Morgan fingerprint density at radius 1 is 1.22 bits per heavy atom. The first-order valence-electron chi connectivity index (χ1n) is 6.25. The van der Waals surface area contributed by atoms with Crippen LogP contribution in [0, 0.1) is 6.92 Å². The van der Waals surface area contributed by atoms with Gasteiger partial charge in [-0.3, -0.25) is 0 Å². The van der Waals surface area contributed by atoms with Gasteiger partial charge >= 0.3 is 0 Å². The number of anilines is 1. The molecule has 0 radical (unpaired) electrons. The fourth-order valence-electron chi connectivity index (χ4n) is 2.07. The molecule has 0 atom stereocenters. The Bertz CT molecular complexity index is 524. The lowest BCUT2D eigenvalue weighted by Crippen LogP contribution is -2.40. The molecule has 1 fully saturated rings. The quantitative estimate of drug-likeness (QED) is 0.797. The lowest BCUT2D eigenvalue weighted by atomic mass is 9.94. The zero-order valence-electron chi connectivity index (χ0n) is 11.5. The molecule has 0 aromatic carbocycles. The Morgan fingerprint density at radius 3 is 2.22 bits per heavy atom. The van der Waals surface area contributed by atoms with Crippen LogP contribution in [0.2, 0.25) is 0 Å². The van der Waals surface area contributed by atoms with Crippen LogP contribution < -0.4 is 4.90 Å². The second-order valence-electron chi connectivity index (χ2n) is 5.99. The van der Waals surface area contributed by atoms with Crippen LogP contribution in [0.25, 0.3) is 0 Å². The summed E-state index contributed by atoms with van der Waals surface area (Å²) in [5, 5.41) is 1.25. The van der Waals surface area contributed by atoms with Crippen molar-refractivity contribution >= 4 is 26.2 Å². The molecule has 2 heterocycles. The van der Waals surface area contributed by atoms with Crippen LogP contribution in [0.3, 0.4) is 0 Å². The minimum absolute atomic E-state index is 0.162. The van der Waals surface area contributed by atoms with E-state index >= 15 is 0 Å². The van der Waals surface area contributed by atoms with Crippen molar-refractivity contribution in [2.24, 2.45) is 0 Å². The fraction of sp³-hybridized carbons (Fsp3) is 0.692. The largest absolute Gasteiger partial charge is 0.361 e. The van der Waals surface area contributed by atoms with Crippen molar-refractivity contribution in [3.63, 3.8) is 0 Å². The zero-order valence-corrected chi connectivity index (χ0v) is 13.1. The van der Waals surface area contributed by atoms with E-state index in [0.717, 1.165) is 0 Å². The Kier molecular flexibility index (Phi) is 3.49. The van der Waals surface area contributed by atoms with Crippen LogP contribution in [0.4, 0.5) is 5.00 Å². The summed E-state index contributed by atoms with van der Waals surface area (Å²) in [4.78, 5) is 3.58. The van der Waals surface area contributed by atoms with Gasteiger partial charge in [0.1, 0.15) is 0 Å². The van der Waals surface area contributed by atoms with Gasteiger partial charge in [-0.1, -0.05) is 20.8 Å². The predicted octanol–water partition coefficient (Wildman–Crippen LogP) is 2.59. The molecule has 0 N–H and O–H groups in total. The number of nitrogens with zero attached hydrogens (tertiary/aromatic N) is 1. The SMILES string of the molecule is Cc1cc(C(C)(C)C)sc1N1CCS(=O)(=O)CC1. The first-order chi connectivity index (χ1) is 8.19. The second-order valence-corrected chi connectivity index (χ2v) is 9.32. The van der Waals surface area contributed by atoms with E-state index in [1.807, 2.05) is 0 Å². The highest BCUT2D eigenvalue weighted by molar-refractivity contribution is 7.91. The molecule has 102 valence electrons. The van der Waals surface area contributed by atoms with Gasteiger partial charge in [-0.25, -0.2) is 8.42 Å². The summed E-state index contributed by atoms with van der Waals surface area (Å²) in [6.07, 6.45) is 0. The molecule has 2 rings (SSSR count). The second kappa shape index (κ2) is 4.53. The van der Waals surface area contributed by atoms with Crippen LogP contribution in [0.1, 0.15) is 31.2 Å². The van der Waals surface area contributed by atoms with Gasteiger partial charge < -0.3 is 4.90 Å². The normalized spacial score (nSPS) is 20.1. The average Bonchev–Trinajstić information content (AvgIpc) is 2.60. The van der Waals surface area contributed by atoms with Crippen LogP contribution in [-0.2, 0) is 15.3 Å². The maximum absolute atomic E-state index is 11.5. The van der Waals surface area contributed by atoms with Crippen molar-refractivity contribution in [1.29, 1.82) is 0 Å². The summed E-state index contributed by atoms with van der Waals surface area (Å²) in [7, 11) is -2.80. The molecule has 0 saturated carbocycles. The fourth-order valence-corrected chi connectivity index (χ4v) is 4.55. The monoisotopic (exact) mass is 287 g/mol. The van der Waals surface area contributed by atoms with Crippen LogP contribution in [0.15, 0.2) is 6.07 Å². The van der Waals surface area contributed by atoms with Gasteiger partial charge in [0.15, 0.2) is 9.84 Å². The molecule has 1 aliphatic heterocycles. The van der Waals surface area contributed by atoms with E-state index in [2.05, 4.69) is 38.7 Å². The van der Waals surface area contributed by atoms with Crippen LogP contribution in [0.5, 0.6) is 0 Å². The lowest BCUT2D eigenvalue weighted by molar-refractivity contribution is 0.587. The highest BCUT2D eigenvalue weighted by atomic mass is 32.2. The van der Waals surface area contributed by atoms with E-state index in [-0.39, 0.29) is 16.9 Å². The van der Waals surface area contributed by atoms with E-state index in [1.54, 1.807) is 11.3 Å². The van der Waals surface area contributed by atoms with Crippen molar-refractivity contribution < 1.29 is 8.42 Å². The van der Waals surface area contributed by atoms with Gasteiger partial charge in [0.25, 0.3) is 0 Å². The Balaban J connectivity index is 2.22. The third-order valence-electron chi connectivity index (χ3n) is 3.26. The smallest absolute Gasteiger partial charge is 0.153 e. The van der Waals surface area contributed by atoms with Crippen LogP contribution in [-0.4, -0.2) is 33.0 Å². The average molecular weight is 287 g/mol. The predicted molar refractivity (Wildman–Crippen MR) is 78.6 cm³/mol. The number of rotatable bonds is 1. The summed E-state index contributed by atoms with van der Waals surface area (Å²) in [6, 6.07) is 2.24. The standard InChI is InChI=1S/C13H21NO2S2/c1-10-9-11(13(2,3)4)17-12(10)14-5-7-18(15,16)8-6-14/h9H,5-8H2,1-4H3. The summed E-state index contributed by atoms with van der Waals surface area (Å²) in [5.41, 5.74) is 1.43. The van der Waals surface area contributed by atoms with Gasteiger partial charge in [0, 0.05) is 18.0 Å². The highest BCUT2D eigenvalue weighted by Crippen LogP contribution is 2.38. The maximum Gasteiger partial charge on any atom is 0.153 e. The molecule has 0 bridgehead atoms. The molecule has 0 spiro atoms. The highest BCUT2D eigenvalue weighted by Gasteiger charge is 2.25. The Morgan fingerprint density at radius 2 is 1.78 bits per heavy atom. The molecule has 3 nitrogen and oxygen atoms in total. The van der Waals surface area contributed by atoms with Gasteiger partial charge in [-0.15, -0.1) is 11.3 Å². The minimum atomic E-state index is -2.80. The molecule has 0 amide bonds. The van der Waals surface area contributed by atoms with E-state index in [9.17, 15) is 8.42 Å². The molecule has 1 saturated heterocycles. The van der Waals surface area contributed by atoms with Crippen molar-refractivity contribution in [1.82, 2.24) is 0 Å². The number of thiophene rings is 1. The van der Waals surface area contributed by atoms with Crippen molar-refractivity contribution in [2.75, 3.05) is 29.5 Å². The van der Waals surface area contributed by atoms with E-state index in [4.69, 9.17) is 0 Å². The van der Waals surface area contributed by atoms with E-state index in [0.29, 0.717) is 13.1 Å². The zero-order chi connectivity index (χ0) is 13.6. The summed E-state index contributed by atoms with van der Waals surface area (Å²) in [5.74, 6) is 0.574. The van der Waals surface area contributed by atoms with Gasteiger partial charge in [-0.05, 0) is 24.0 Å². The lowest BCUT2D eigenvalue weighted by Gasteiger charge is -2.28. The molecule has 1 aromatic rings. The van der Waals surface area contributed by atoms with E-state index < -0.39 is 9.84 Å². The molecule has 1 aromatic heterocycles. The Hall–Kier alpha value is -0.550. The molecule has 0 aliphatic carbocycles. The van der Waals surface area contributed by atoms with Crippen LogP contribution >= 0.6 is 11.3 Å². The van der Waals surface area contributed by atoms with Gasteiger partial charge in [-0.2, -0.15) is 0 Å². The molecule has 1 aliphatic rings. The van der Waals surface area contributed by atoms with Crippen molar-refractivity contribution in [3.8, 4) is 0 Å². The van der Waals surface area contributed by atoms with Crippen molar-refractivity contribution in [2.45, 2.75) is 33.1 Å². The Labute approximate surface area is 114 Å². The summed E-state index contributed by atoms with van der Waals surface area (Å²) < 4.78 is 22.9. The summed E-state index contributed by atoms with van der Waals surface area (Å²) in [6.45, 7) is 10.0. The molecule has 18 heavy (non-hydrogen) atoms. The summed E-state index contributed by atoms with van der Waals surface area (Å²) >= 11 is 1.80. The van der Waals surface area contributed by atoms with Crippen molar-refractivity contribution in [3.05, 3.63) is 16.5 Å². The number of sulfone groups is 1. The first-order valence-corrected chi connectivity index (χ1v) is 8.89.